The number of benzene rings is 2. The maximum Gasteiger partial charge on any atom is 0.337 e. The number of fused-ring (bicyclic) bond motifs is 1. The van der Waals surface area contributed by atoms with Crippen LogP contribution in [-0.4, -0.2) is 36.0 Å². The predicted molar refractivity (Wildman–Crippen MR) is 141 cm³/mol. The molecule has 0 spiro atoms. The van der Waals surface area contributed by atoms with E-state index in [1.54, 1.807) is 36.4 Å². The molecular formula is C25H22BrClN2O6S. The van der Waals surface area contributed by atoms with E-state index in [-0.39, 0.29) is 16.9 Å². The summed E-state index contributed by atoms with van der Waals surface area (Å²) in [4.78, 5) is 31.1. The van der Waals surface area contributed by atoms with Gasteiger partial charge in [0.1, 0.15) is 5.75 Å². The lowest BCUT2D eigenvalue weighted by molar-refractivity contribution is -0.136. The normalized spacial score (nSPS) is 15.1. The molecule has 188 valence electrons. The SMILES string of the molecule is CCOc1ccc([C@H]2C(C(=O)OC)=CN=c3s/c(=C\c4cc(Cl)cc(Br)c4O)c(=O)n32)cc1OCC. The Balaban J connectivity index is 1.93. The molecule has 0 amide bonds. The Kier molecular flexibility index (Phi) is 7.87. The van der Waals surface area contributed by atoms with Crippen LogP contribution < -0.4 is 24.4 Å². The predicted octanol–water partition coefficient (Wildman–Crippen LogP) is 3.94. The van der Waals surface area contributed by atoms with E-state index in [0.29, 0.717) is 54.7 Å². The van der Waals surface area contributed by atoms with E-state index in [4.69, 9.17) is 25.8 Å². The smallest absolute Gasteiger partial charge is 0.337 e. The zero-order valence-electron chi connectivity index (χ0n) is 19.6. The minimum atomic E-state index is -0.814. The van der Waals surface area contributed by atoms with Gasteiger partial charge in [0.15, 0.2) is 16.3 Å². The van der Waals surface area contributed by atoms with Gasteiger partial charge in [-0.1, -0.05) is 29.0 Å². The molecule has 0 saturated heterocycles. The molecule has 3 aromatic rings. The largest absolute Gasteiger partial charge is 0.506 e. The van der Waals surface area contributed by atoms with E-state index in [1.165, 1.54) is 17.9 Å². The monoisotopic (exact) mass is 592 g/mol. The molecule has 4 rings (SSSR count). The van der Waals surface area contributed by atoms with Crippen LogP contribution >= 0.6 is 38.9 Å². The van der Waals surface area contributed by atoms with Gasteiger partial charge in [-0.15, -0.1) is 0 Å². The lowest BCUT2D eigenvalue weighted by atomic mass is 9.97. The molecule has 0 bridgehead atoms. The fourth-order valence-electron chi connectivity index (χ4n) is 3.82. The molecule has 11 heteroatoms. The van der Waals surface area contributed by atoms with Gasteiger partial charge >= 0.3 is 5.97 Å². The molecular weight excluding hydrogens is 572 g/mol. The maximum atomic E-state index is 13.6. The number of methoxy groups -OCH3 is 1. The minimum Gasteiger partial charge on any atom is -0.506 e. The first-order chi connectivity index (χ1) is 17.3. The Morgan fingerprint density at radius 2 is 1.94 bits per heavy atom. The minimum absolute atomic E-state index is 0.0510. The van der Waals surface area contributed by atoms with E-state index in [0.717, 1.165) is 11.3 Å². The molecule has 1 aliphatic rings. The summed E-state index contributed by atoms with van der Waals surface area (Å²) in [5, 5.41) is 10.8. The summed E-state index contributed by atoms with van der Waals surface area (Å²) in [6.45, 7) is 4.59. The first-order valence-electron chi connectivity index (χ1n) is 11.0. The Bertz CT molecular complexity index is 1550. The fourth-order valence-corrected chi connectivity index (χ4v) is 5.62. The van der Waals surface area contributed by atoms with Gasteiger partial charge in [-0.25, -0.2) is 9.79 Å². The molecule has 2 heterocycles. The highest BCUT2D eigenvalue weighted by Crippen LogP contribution is 2.35. The van der Waals surface area contributed by atoms with Crippen molar-refractivity contribution in [3.63, 3.8) is 0 Å². The van der Waals surface area contributed by atoms with Gasteiger partial charge < -0.3 is 19.3 Å². The van der Waals surface area contributed by atoms with E-state index in [9.17, 15) is 14.7 Å². The summed E-state index contributed by atoms with van der Waals surface area (Å²) in [7, 11) is 1.27. The molecule has 1 aliphatic heterocycles. The highest BCUT2D eigenvalue weighted by Gasteiger charge is 2.31. The van der Waals surface area contributed by atoms with Crippen molar-refractivity contribution in [1.82, 2.24) is 4.57 Å². The molecule has 1 aromatic heterocycles. The molecule has 0 fully saturated rings. The molecule has 36 heavy (non-hydrogen) atoms. The van der Waals surface area contributed by atoms with Crippen molar-refractivity contribution in [2.45, 2.75) is 19.9 Å². The van der Waals surface area contributed by atoms with Crippen molar-refractivity contribution in [3.8, 4) is 17.2 Å². The van der Waals surface area contributed by atoms with Crippen LogP contribution in [0.25, 0.3) is 6.08 Å². The number of hydrogen-bond acceptors (Lipinski definition) is 8. The third-order valence-electron chi connectivity index (χ3n) is 5.35. The second-order valence-electron chi connectivity index (χ2n) is 7.57. The first-order valence-corrected chi connectivity index (χ1v) is 12.9. The zero-order chi connectivity index (χ0) is 26.0. The zero-order valence-corrected chi connectivity index (χ0v) is 22.7. The number of carbonyl (C=O) groups is 1. The molecule has 0 aliphatic carbocycles. The van der Waals surface area contributed by atoms with Gasteiger partial charge in [-0.3, -0.25) is 9.36 Å². The number of carbonyl (C=O) groups excluding carboxylic acids is 1. The van der Waals surface area contributed by atoms with Crippen molar-refractivity contribution in [1.29, 1.82) is 0 Å². The molecule has 0 saturated carbocycles. The van der Waals surface area contributed by atoms with Gasteiger partial charge in [-0.2, -0.15) is 0 Å². The lowest BCUT2D eigenvalue weighted by Gasteiger charge is -2.23. The van der Waals surface area contributed by atoms with Gasteiger partial charge in [0.2, 0.25) is 0 Å². The highest BCUT2D eigenvalue weighted by molar-refractivity contribution is 9.10. The third kappa shape index (κ3) is 4.93. The Hall–Kier alpha value is -3.08. The number of hydrogen-bond donors (Lipinski definition) is 1. The van der Waals surface area contributed by atoms with Gasteiger partial charge in [0.05, 0.1) is 40.9 Å². The summed E-state index contributed by atoms with van der Waals surface area (Å²) in [5.41, 5.74) is 0.787. The van der Waals surface area contributed by atoms with Gasteiger partial charge in [-0.05, 0) is 65.7 Å². The number of thiazole rings is 1. The number of esters is 1. The first kappa shape index (κ1) is 26.0. The molecule has 1 N–H and O–H groups in total. The van der Waals surface area contributed by atoms with Crippen LogP contribution in [0.1, 0.15) is 31.0 Å². The average molecular weight is 594 g/mol. The van der Waals surface area contributed by atoms with Crippen LogP contribution in [0.15, 0.2) is 56.4 Å². The number of phenols is 1. The van der Waals surface area contributed by atoms with E-state index >= 15 is 0 Å². The second-order valence-corrected chi connectivity index (χ2v) is 9.87. The van der Waals surface area contributed by atoms with Crippen molar-refractivity contribution in [2.75, 3.05) is 20.3 Å². The van der Waals surface area contributed by atoms with Crippen LogP contribution in [0.4, 0.5) is 0 Å². The summed E-state index contributed by atoms with van der Waals surface area (Å²) >= 11 is 10.5. The lowest BCUT2D eigenvalue weighted by Crippen LogP contribution is -2.39. The van der Waals surface area contributed by atoms with Crippen LogP contribution in [0.3, 0.4) is 0 Å². The Morgan fingerprint density at radius 3 is 2.64 bits per heavy atom. The van der Waals surface area contributed by atoms with Crippen molar-refractivity contribution in [2.24, 2.45) is 4.99 Å². The molecule has 1 atom stereocenters. The molecule has 0 radical (unpaired) electrons. The summed E-state index contributed by atoms with van der Waals surface area (Å²) in [5.74, 6) is 0.390. The standard InChI is InChI=1S/C25H22BrClN2O6S/c1-4-34-18-7-6-13(9-19(18)35-5-2)21-16(24(32)33-3)12-28-25-29(21)23(31)20(36-25)10-14-8-15(27)11-17(26)22(14)30/h6-12,21,30H,4-5H2,1-3H3/b20-10-/t21-/m0/s1. The molecule has 0 unspecified atom stereocenters. The van der Waals surface area contributed by atoms with E-state index < -0.39 is 12.0 Å². The molecule has 8 nitrogen and oxygen atoms in total. The van der Waals surface area contributed by atoms with E-state index in [1.807, 2.05) is 13.8 Å². The highest BCUT2D eigenvalue weighted by atomic mass is 79.9. The third-order valence-corrected chi connectivity index (χ3v) is 7.17. The molecule has 2 aromatic carbocycles. The van der Waals surface area contributed by atoms with Gasteiger partial charge in [0.25, 0.3) is 5.56 Å². The number of rotatable bonds is 7. The average Bonchev–Trinajstić information content (AvgIpc) is 3.17. The Labute approximate surface area is 223 Å². The summed E-state index contributed by atoms with van der Waals surface area (Å²) in [6, 6.07) is 7.56. The topological polar surface area (TPSA) is 99.4 Å². The number of ether oxygens (including phenoxy) is 3. The van der Waals surface area contributed by atoms with Gasteiger partial charge in [0, 0.05) is 16.8 Å². The number of nitrogens with zero attached hydrogens (tertiary/aromatic N) is 2. The van der Waals surface area contributed by atoms with Crippen molar-refractivity contribution in [3.05, 3.63) is 82.4 Å². The van der Waals surface area contributed by atoms with E-state index in [2.05, 4.69) is 20.9 Å². The Morgan fingerprint density at radius 1 is 1.22 bits per heavy atom. The van der Waals surface area contributed by atoms with Crippen LogP contribution in [0.5, 0.6) is 17.2 Å². The van der Waals surface area contributed by atoms with Crippen LogP contribution in [0.2, 0.25) is 5.02 Å². The number of aromatic nitrogens is 1. The summed E-state index contributed by atoms with van der Waals surface area (Å²) in [6.07, 6.45) is 2.95. The maximum absolute atomic E-state index is 13.6. The number of aromatic hydroxyl groups is 1. The summed E-state index contributed by atoms with van der Waals surface area (Å²) < 4.78 is 18.5. The number of phenolic OH excluding ortho intramolecular Hbond substituents is 1. The van der Waals surface area contributed by atoms with Crippen molar-refractivity contribution < 1.29 is 24.1 Å². The fraction of sp³-hybridized carbons (Fsp3) is 0.240. The van der Waals surface area contributed by atoms with Crippen LogP contribution in [0, 0.1) is 0 Å². The van der Waals surface area contributed by atoms with Crippen molar-refractivity contribution >= 4 is 50.9 Å². The second kappa shape index (κ2) is 10.9. The number of halogens is 2. The quantitative estimate of drug-likeness (QED) is 0.417. The van der Waals surface area contributed by atoms with Crippen LogP contribution in [-0.2, 0) is 9.53 Å².